The van der Waals surface area contributed by atoms with Crippen molar-refractivity contribution in [2.45, 2.75) is 44.6 Å². The number of piperidine rings is 2. The van der Waals surface area contributed by atoms with Gasteiger partial charge >= 0.3 is 5.97 Å². The van der Waals surface area contributed by atoms with E-state index in [1.165, 1.54) is 0 Å². The van der Waals surface area contributed by atoms with E-state index in [0.717, 1.165) is 12.8 Å². The molecule has 4 atom stereocenters. The van der Waals surface area contributed by atoms with Gasteiger partial charge in [0.05, 0.1) is 5.92 Å². The summed E-state index contributed by atoms with van der Waals surface area (Å²) >= 11 is 0. The van der Waals surface area contributed by atoms with E-state index in [1.54, 1.807) is 0 Å². The van der Waals surface area contributed by atoms with Crippen LogP contribution in [-0.4, -0.2) is 46.9 Å². The average Bonchev–Trinajstić information content (AvgIpc) is 2.96. The molecule has 2 heterocycles. The molecular formula is C15H22N2O4. The van der Waals surface area contributed by atoms with Crippen LogP contribution in [0.4, 0.5) is 0 Å². The molecule has 6 heteroatoms. The Balaban J connectivity index is 1.57. The van der Waals surface area contributed by atoms with Gasteiger partial charge in [-0.3, -0.25) is 14.4 Å². The van der Waals surface area contributed by atoms with Crippen LogP contribution in [0, 0.1) is 17.8 Å². The summed E-state index contributed by atoms with van der Waals surface area (Å²) in [6.45, 7) is 1.38. The zero-order valence-corrected chi connectivity index (χ0v) is 12.1. The molecule has 116 valence electrons. The monoisotopic (exact) mass is 294 g/mol. The van der Waals surface area contributed by atoms with Crippen molar-refractivity contribution in [3.63, 3.8) is 0 Å². The molecule has 2 saturated heterocycles. The third kappa shape index (κ3) is 2.89. The molecule has 0 aromatic carbocycles. The fourth-order valence-corrected chi connectivity index (χ4v) is 4.00. The Bertz CT molecular complexity index is 465. The Labute approximate surface area is 123 Å². The minimum Gasteiger partial charge on any atom is -0.481 e. The Morgan fingerprint density at radius 3 is 2.62 bits per heavy atom. The molecule has 2 aliphatic heterocycles. The standard InChI is InChI=1S/C15H22N2O4/c18-13-4-3-11-8-17(6-5-12(11)16-13)14(19)9-1-2-10(7-9)15(20)21/h9-12H,1-8H2,(H,16,18)(H,20,21)/t9-,10+,11?,12?/m1/s1. The molecule has 3 aliphatic rings. The lowest BCUT2D eigenvalue weighted by atomic mass is 9.84. The van der Waals surface area contributed by atoms with Crippen LogP contribution in [-0.2, 0) is 14.4 Å². The van der Waals surface area contributed by atoms with E-state index in [4.69, 9.17) is 5.11 Å². The van der Waals surface area contributed by atoms with Gasteiger partial charge in [0.2, 0.25) is 11.8 Å². The topological polar surface area (TPSA) is 86.7 Å². The van der Waals surface area contributed by atoms with Gasteiger partial charge in [-0.2, -0.15) is 0 Å². The maximum atomic E-state index is 12.6. The van der Waals surface area contributed by atoms with Crippen LogP contribution in [0.25, 0.3) is 0 Å². The second kappa shape index (κ2) is 5.66. The van der Waals surface area contributed by atoms with Crippen molar-refractivity contribution in [2.75, 3.05) is 13.1 Å². The SMILES string of the molecule is O=C1CCC2CN(C(=O)[C@@H]3CC[C@H](C(=O)O)C3)CCC2N1. The number of fused-ring (bicyclic) bond motifs is 1. The molecule has 3 rings (SSSR count). The van der Waals surface area contributed by atoms with Crippen LogP contribution in [0.5, 0.6) is 0 Å². The van der Waals surface area contributed by atoms with Crippen LogP contribution >= 0.6 is 0 Å². The van der Waals surface area contributed by atoms with Crippen molar-refractivity contribution in [3.05, 3.63) is 0 Å². The molecule has 0 aromatic rings. The summed E-state index contributed by atoms with van der Waals surface area (Å²) in [5.41, 5.74) is 0. The van der Waals surface area contributed by atoms with E-state index in [-0.39, 0.29) is 29.7 Å². The van der Waals surface area contributed by atoms with Crippen LogP contribution in [0.2, 0.25) is 0 Å². The molecule has 2 amide bonds. The fourth-order valence-electron chi connectivity index (χ4n) is 4.00. The summed E-state index contributed by atoms with van der Waals surface area (Å²) < 4.78 is 0. The van der Waals surface area contributed by atoms with Crippen LogP contribution in [0.1, 0.15) is 38.5 Å². The number of carbonyl (C=O) groups excluding carboxylic acids is 2. The van der Waals surface area contributed by atoms with Crippen molar-refractivity contribution in [2.24, 2.45) is 17.8 Å². The Morgan fingerprint density at radius 2 is 1.90 bits per heavy atom. The second-order valence-corrected chi connectivity index (χ2v) is 6.59. The van der Waals surface area contributed by atoms with Gasteiger partial charge in [0.25, 0.3) is 0 Å². The van der Waals surface area contributed by atoms with Gasteiger partial charge in [0.1, 0.15) is 0 Å². The maximum absolute atomic E-state index is 12.6. The predicted molar refractivity (Wildman–Crippen MR) is 74.3 cm³/mol. The fraction of sp³-hybridized carbons (Fsp3) is 0.800. The molecule has 3 fully saturated rings. The van der Waals surface area contributed by atoms with Gasteiger partial charge in [0.15, 0.2) is 0 Å². The smallest absolute Gasteiger partial charge is 0.306 e. The molecule has 0 aromatic heterocycles. The third-order valence-electron chi connectivity index (χ3n) is 5.27. The quantitative estimate of drug-likeness (QED) is 0.781. The van der Waals surface area contributed by atoms with Crippen molar-refractivity contribution in [1.29, 1.82) is 0 Å². The summed E-state index contributed by atoms with van der Waals surface area (Å²) in [6.07, 6.45) is 4.00. The number of carboxylic acid groups (broad SMARTS) is 1. The minimum absolute atomic E-state index is 0.120. The molecule has 1 aliphatic carbocycles. The van der Waals surface area contributed by atoms with E-state index < -0.39 is 5.97 Å². The summed E-state index contributed by atoms with van der Waals surface area (Å²) in [7, 11) is 0. The number of carboxylic acids is 1. The highest BCUT2D eigenvalue weighted by Gasteiger charge is 2.40. The highest BCUT2D eigenvalue weighted by Crippen LogP contribution is 2.34. The summed E-state index contributed by atoms with van der Waals surface area (Å²) in [6, 6.07) is 0.214. The van der Waals surface area contributed by atoms with Gasteiger partial charge in [-0.1, -0.05) is 0 Å². The molecule has 21 heavy (non-hydrogen) atoms. The number of likely N-dealkylation sites (tertiary alicyclic amines) is 1. The number of nitrogens with one attached hydrogen (secondary N) is 1. The zero-order chi connectivity index (χ0) is 15.0. The van der Waals surface area contributed by atoms with Gasteiger partial charge in [0, 0.05) is 31.5 Å². The molecule has 0 spiro atoms. The zero-order valence-electron chi connectivity index (χ0n) is 12.1. The first-order valence-electron chi connectivity index (χ1n) is 7.85. The number of carbonyl (C=O) groups is 3. The number of nitrogens with zero attached hydrogens (tertiary/aromatic N) is 1. The Hall–Kier alpha value is -1.59. The lowest BCUT2D eigenvalue weighted by Gasteiger charge is -2.42. The summed E-state index contributed by atoms with van der Waals surface area (Å²) in [5, 5.41) is 12.1. The van der Waals surface area contributed by atoms with E-state index in [0.29, 0.717) is 44.7 Å². The first-order valence-corrected chi connectivity index (χ1v) is 7.85. The lowest BCUT2D eigenvalue weighted by molar-refractivity contribution is -0.142. The Morgan fingerprint density at radius 1 is 1.14 bits per heavy atom. The van der Waals surface area contributed by atoms with Crippen LogP contribution in [0.15, 0.2) is 0 Å². The summed E-state index contributed by atoms with van der Waals surface area (Å²) in [5.74, 6) is -0.660. The molecule has 0 radical (unpaired) electrons. The van der Waals surface area contributed by atoms with E-state index in [9.17, 15) is 14.4 Å². The second-order valence-electron chi connectivity index (χ2n) is 6.59. The molecule has 6 nitrogen and oxygen atoms in total. The first kappa shape index (κ1) is 14.4. The molecule has 2 unspecified atom stereocenters. The predicted octanol–water partition coefficient (Wildman–Crippen LogP) is 0.614. The van der Waals surface area contributed by atoms with E-state index >= 15 is 0 Å². The lowest BCUT2D eigenvalue weighted by Crippen LogP contribution is -2.55. The van der Waals surface area contributed by atoms with Gasteiger partial charge in [-0.15, -0.1) is 0 Å². The van der Waals surface area contributed by atoms with Gasteiger partial charge in [-0.25, -0.2) is 0 Å². The average molecular weight is 294 g/mol. The number of hydrogen-bond donors (Lipinski definition) is 2. The number of aliphatic carboxylic acids is 1. The van der Waals surface area contributed by atoms with E-state index in [1.807, 2.05) is 4.90 Å². The van der Waals surface area contributed by atoms with Crippen molar-refractivity contribution in [3.8, 4) is 0 Å². The van der Waals surface area contributed by atoms with Crippen LogP contribution < -0.4 is 5.32 Å². The number of amides is 2. The first-order chi connectivity index (χ1) is 10.0. The normalized spacial score (nSPS) is 36.0. The number of hydrogen-bond acceptors (Lipinski definition) is 3. The molecule has 1 saturated carbocycles. The Kier molecular flexibility index (Phi) is 3.87. The highest BCUT2D eigenvalue weighted by atomic mass is 16.4. The van der Waals surface area contributed by atoms with Crippen molar-refractivity contribution in [1.82, 2.24) is 10.2 Å². The minimum atomic E-state index is -0.779. The van der Waals surface area contributed by atoms with Crippen LogP contribution in [0.3, 0.4) is 0 Å². The molecule has 0 bridgehead atoms. The van der Waals surface area contributed by atoms with Crippen molar-refractivity contribution < 1.29 is 19.5 Å². The third-order valence-corrected chi connectivity index (χ3v) is 5.27. The van der Waals surface area contributed by atoms with Crippen molar-refractivity contribution >= 4 is 17.8 Å². The van der Waals surface area contributed by atoms with Gasteiger partial charge < -0.3 is 15.3 Å². The number of rotatable bonds is 2. The van der Waals surface area contributed by atoms with E-state index in [2.05, 4.69) is 5.32 Å². The summed E-state index contributed by atoms with van der Waals surface area (Å²) in [4.78, 5) is 36.8. The molecule has 2 N–H and O–H groups in total. The van der Waals surface area contributed by atoms with Gasteiger partial charge in [-0.05, 0) is 38.0 Å². The largest absolute Gasteiger partial charge is 0.481 e. The highest BCUT2D eigenvalue weighted by molar-refractivity contribution is 5.81. The maximum Gasteiger partial charge on any atom is 0.306 e. The molecular weight excluding hydrogens is 272 g/mol.